The van der Waals surface area contributed by atoms with Crippen molar-refractivity contribution in [2.24, 2.45) is 0 Å². The zero-order valence-electron chi connectivity index (χ0n) is 12.1. The molecule has 0 atom stereocenters. The van der Waals surface area contributed by atoms with Crippen LogP contribution in [0.4, 0.5) is 0 Å². The van der Waals surface area contributed by atoms with Crippen molar-refractivity contribution in [1.29, 1.82) is 0 Å². The maximum atomic E-state index is 11.5. The first kappa shape index (κ1) is 15.4. The number of rotatable bonds is 6. The summed E-state index contributed by atoms with van der Waals surface area (Å²) in [5, 5.41) is 9.44. The lowest BCUT2D eigenvalue weighted by molar-refractivity contribution is 0.0690. The van der Waals surface area contributed by atoms with E-state index in [1.54, 1.807) is 6.07 Å². The van der Waals surface area contributed by atoms with Crippen molar-refractivity contribution in [3.63, 3.8) is 0 Å². The maximum Gasteiger partial charge on any atom is 0.340 e. The van der Waals surface area contributed by atoms with Gasteiger partial charge in [-0.1, -0.05) is 32.0 Å². The Balaban J connectivity index is 2.33. The van der Waals surface area contributed by atoms with Crippen molar-refractivity contribution in [1.82, 2.24) is 0 Å². The second-order valence-corrected chi connectivity index (χ2v) is 5.77. The highest BCUT2D eigenvalue weighted by atomic mass is 32.2. The topological polar surface area (TPSA) is 46.5 Å². The van der Waals surface area contributed by atoms with Gasteiger partial charge in [0.15, 0.2) is 0 Å². The van der Waals surface area contributed by atoms with E-state index in [2.05, 4.69) is 6.92 Å². The van der Waals surface area contributed by atoms with Crippen LogP contribution >= 0.6 is 11.8 Å². The molecule has 0 saturated carbocycles. The van der Waals surface area contributed by atoms with Gasteiger partial charge in [-0.15, -0.1) is 11.8 Å². The molecule has 0 amide bonds. The van der Waals surface area contributed by atoms with E-state index < -0.39 is 5.97 Å². The average Bonchev–Trinajstić information content (AvgIpc) is 2.48. The van der Waals surface area contributed by atoms with Crippen LogP contribution in [-0.4, -0.2) is 16.8 Å². The van der Waals surface area contributed by atoms with Gasteiger partial charge in [0.25, 0.3) is 0 Å². The van der Waals surface area contributed by atoms with Crippen LogP contribution in [0.3, 0.4) is 0 Å². The number of hydrogen-bond donors (Lipinski definition) is 1. The summed E-state index contributed by atoms with van der Waals surface area (Å²) in [6.07, 6.45) is 0.962. The molecule has 2 aromatic carbocycles. The number of aromatic carboxylic acids is 1. The standard InChI is InChI=1S/C17H18O3S/c1-3-12-8-10-13(11-9-12)20-14-6-5-7-15(21-4-2)16(14)17(18)19/h5-11H,3-4H2,1-2H3,(H,18,19). The van der Waals surface area contributed by atoms with E-state index >= 15 is 0 Å². The lowest BCUT2D eigenvalue weighted by Crippen LogP contribution is -2.02. The molecule has 0 aliphatic heterocycles. The van der Waals surface area contributed by atoms with Gasteiger partial charge in [-0.3, -0.25) is 0 Å². The fraction of sp³-hybridized carbons (Fsp3) is 0.235. The molecule has 0 heterocycles. The molecule has 0 spiro atoms. The Labute approximate surface area is 129 Å². The van der Waals surface area contributed by atoms with Gasteiger partial charge >= 0.3 is 5.97 Å². The van der Waals surface area contributed by atoms with Crippen LogP contribution in [0.25, 0.3) is 0 Å². The molecule has 0 unspecified atom stereocenters. The fourth-order valence-electron chi connectivity index (χ4n) is 2.00. The van der Waals surface area contributed by atoms with Gasteiger partial charge in [0.2, 0.25) is 0 Å². The van der Waals surface area contributed by atoms with Crippen molar-refractivity contribution in [3.05, 3.63) is 53.6 Å². The zero-order chi connectivity index (χ0) is 15.2. The molecule has 0 saturated heterocycles. The molecule has 0 aliphatic carbocycles. The van der Waals surface area contributed by atoms with Gasteiger partial charge in [-0.2, -0.15) is 0 Å². The number of hydrogen-bond acceptors (Lipinski definition) is 3. The molecular weight excluding hydrogens is 284 g/mol. The number of benzene rings is 2. The summed E-state index contributed by atoms with van der Waals surface area (Å²) in [4.78, 5) is 12.2. The lowest BCUT2D eigenvalue weighted by Gasteiger charge is -2.12. The summed E-state index contributed by atoms with van der Waals surface area (Å²) in [6.45, 7) is 4.08. The van der Waals surface area contributed by atoms with E-state index in [4.69, 9.17) is 4.74 Å². The minimum atomic E-state index is -0.966. The summed E-state index contributed by atoms with van der Waals surface area (Å²) in [5.74, 6) is 0.875. The summed E-state index contributed by atoms with van der Waals surface area (Å²) < 4.78 is 5.76. The fourth-order valence-corrected chi connectivity index (χ4v) is 2.82. The Morgan fingerprint density at radius 1 is 1.14 bits per heavy atom. The van der Waals surface area contributed by atoms with Crippen molar-refractivity contribution in [2.75, 3.05) is 5.75 Å². The highest BCUT2D eigenvalue weighted by Gasteiger charge is 2.17. The number of carboxylic acids is 1. The van der Waals surface area contributed by atoms with E-state index in [0.717, 1.165) is 17.1 Å². The van der Waals surface area contributed by atoms with Crippen LogP contribution in [0.5, 0.6) is 11.5 Å². The van der Waals surface area contributed by atoms with Gasteiger partial charge < -0.3 is 9.84 Å². The van der Waals surface area contributed by atoms with Crippen LogP contribution < -0.4 is 4.74 Å². The quantitative estimate of drug-likeness (QED) is 0.775. The van der Waals surface area contributed by atoms with E-state index in [-0.39, 0.29) is 5.56 Å². The third-order valence-corrected chi connectivity index (χ3v) is 4.00. The van der Waals surface area contributed by atoms with Crippen molar-refractivity contribution in [2.45, 2.75) is 25.2 Å². The molecule has 0 radical (unpaired) electrons. The van der Waals surface area contributed by atoms with Gasteiger partial charge in [0.1, 0.15) is 17.1 Å². The summed E-state index contributed by atoms with van der Waals surface area (Å²) in [5.41, 5.74) is 1.44. The Morgan fingerprint density at radius 3 is 2.43 bits per heavy atom. The molecule has 3 nitrogen and oxygen atoms in total. The molecule has 2 rings (SSSR count). The third-order valence-electron chi connectivity index (χ3n) is 3.06. The number of aryl methyl sites for hydroxylation is 1. The SMILES string of the molecule is CCSc1cccc(Oc2ccc(CC)cc2)c1C(=O)O. The number of ether oxygens (including phenoxy) is 1. The largest absolute Gasteiger partial charge is 0.478 e. The molecule has 0 aromatic heterocycles. The first-order chi connectivity index (χ1) is 10.2. The van der Waals surface area contributed by atoms with Gasteiger partial charge in [-0.25, -0.2) is 4.79 Å². The lowest BCUT2D eigenvalue weighted by atomic mass is 10.1. The molecule has 0 bridgehead atoms. The molecule has 0 fully saturated rings. The van der Waals surface area contributed by atoms with Crippen molar-refractivity contribution in [3.8, 4) is 11.5 Å². The minimum Gasteiger partial charge on any atom is -0.478 e. The van der Waals surface area contributed by atoms with Crippen LogP contribution in [-0.2, 0) is 6.42 Å². The molecule has 1 N–H and O–H groups in total. The Morgan fingerprint density at radius 2 is 1.86 bits per heavy atom. The smallest absolute Gasteiger partial charge is 0.340 e. The number of carboxylic acid groups (broad SMARTS) is 1. The average molecular weight is 302 g/mol. The second-order valence-electron chi connectivity index (χ2n) is 4.47. The van der Waals surface area contributed by atoms with Crippen molar-refractivity contribution < 1.29 is 14.6 Å². The highest BCUT2D eigenvalue weighted by Crippen LogP contribution is 2.33. The third kappa shape index (κ3) is 3.79. The van der Waals surface area contributed by atoms with Gasteiger partial charge in [-0.05, 0) is 42.0 Å². The molecular formula is C17H18O3S. The normalized spacial score (nSPS) is 10.4. The summed E-state index contributed by atoms with van der Waals surface area (Å²) in [6, 6.07) is 13.0. The molecule has 2 aromatic rings. The minimum absolute atomic E-state index is 0.226. The van der Waals surface area contributed by atoms with Crippen molar-refractivity contribution >= 4 is 17.7 Å². The van der Waals surface area contributed by atoms with Crippen LogP contribution in [0.2, 0.25) is 0 Å². The molecule has 0 aliphatic rings. The Kier molecular flexibility index (Phi) is 5.28. The van der Waals surface area contributed by atoms with Gasteiger partial charge in [0, 0.05) is 4.90 Å². The Bertz CT molecular complexity index is 620. The van der Waals surface area contributed by atoms with E-state index in [1.807, 2.05) is 43.3 Å². The first-order valence-electron chi connectivity index (χ1n) is 6.91. The second kappa shape index (κ2) is 7.18. The van der Waals surface area contributed by atoms with E-state index in [9.17, 15) is 9.90 Å². The molecule has 21 heavy (non-hydrogen) atoms. The zero-order valence-corrected chi connectivity index (χ0v) is 12.9. The summed E-state index contributed by atoms with van der Waals surface area (Å²) in [7, 11) is 0. The monoisotopic (exact) mass is 302 g/mol. The van der Waals surface area contributed by atoms with E-state index in [0.29, 0.717) is 11.5 Å². The maximum absolute atomic E-state index is 11.5. The van der Waals surface area contributed by atoms with Crippen LogP contribution in [0, 0.1) is 0 Å². The van der Waals surface area contributed by atoms with E-state index in [1.165, 1.54) is 17.3 Å². The Hall–Kier alpha value is -1.94. The first-order valence-corrected chi connectivity index (χ1v) is 7.90. The molecule has 4 heteroatoms. The predicted molar refractivity (Wildman–Crippen MR) is 85.7 cm³/mol. The molecule has 110 valence electrons. The van der Waals surface area contributed by atoms with Crippen LogP contribution in [0.1, 0.15) is 29.8 Å². The predicted octanol–water partition coefficient (Wildman–Crippen LogP) is 4.85. The van der Waals surface area contributed by atoms with Gasteiger partial charge in [0.05, 0.1) is 0 Å². The van der Waals surface area contributed by atoms with Crippen LogP contribution in [0.15, 0.2) is 47.4 Å². The number of carbonyl (C=O) groups is 1. The summed E-state index contributed by atoms with van der Waals surface area (Å²) >= 11 is 1.50. The highest BCUT2D eigenvalue weighted by molar-refractivity contribution is 7.99. The number of thioether (sulfide) groups is 1.